The van der Waals surface area contributed by atoms with Gasteiger partial charge in [-0.3, -0.25) is 0 Å². The van der Waals surface area contributed by atoms with E-state index in [2.05, 4.69) is 6.92 Å². The third-order valence-corrected chi connectivity index (χ3v) is 5.75. The fourth-order valence-corrected chi connectivity index (χ4v) is 3.81. The van der Waals surface area contributed by atoms with Crippen molar-refractivity contribution in [3.63, 3.8) is 0 Å². The quantitative estimate of drug-likeness (QED) is 0.256. The number of methoxy groups -OCH3 is 1. The smallest absolute Gasteiger partial charge is 0.0892 e. The summed E-state index contributed by atoms with van der Waals surface area (Å²) in [5.41, 5.74) is 0. The van der Waals surface area contributed by atoms with Crippen molar-refractivity contribution in [2.45, 2.75) is 96.5 Å². The summed E-state index contributed by atoms with van der Waals surface area (Å²) in [7, 11) is 1.65. The molecule has 0 saturated heterocycles. The number of unbranched alkanes of at least 4 members (excludes halogenated alkanes) is 11. The molecular formula is C21H44O3S. The lowest BCUT2D eigenvalue weighted by molar-refractivity contribution is 0.0656. The lowest BCUT2D eigenvalue weighted by atomic mass is 10.1. The van der Waals surface area contributed by atoms with Crippen LogP contribution >= 0.6 is 11.8 Å². The fourth-order valence-electron chi connectivity index (χ4n) is 2.82. The fraction of sp³-hybridized carbons (Fsp3) is 1.00. The SMILES string of the molecule is CCCCCCCCCCCCCCOCCCSCC(CO)OC. The zero-order chi connectivity index (χ0) is 18.4. The zero-order valence-electron chi connectivity index (χ0n) is 17.0. The first-order valence-corrected chi connectivity index (χ1v) is 11.8. The molecule has 0 aromatic heterocycles. The third-order valence-electron chi connectivity index (χ3n) is 4.56. The van der Waals surface area contributed by atoms with Crippen molar-refractivity contribution in [1.29, 1.82) is 0 Å². The summed E-state index contributed by atoms with van der Waals surface area (Å²) < 4.78 is 10.8. The van der Waals surface area contributed by atoms with Gasteiger partial charge in [0.1, 0.15) is 0 Å². The van der Waals surface area contributed by atoms with Gasteiger partial charge < -0.3 is 14.6 Å². The Morgan fingerprint density at radius 1 is 0.760 bits per heavy atom. The maximum absolute atomic E-state index is 9.01. The Kier molecular flexibility index (Phi) is 22.5. The Morgan fingerprint density at radius 3 is 1.80 bits per heavy atom. The van der Waals surface area contributed by atoms with Gasteiger partial charge in [-0.1, -0.05) is 77.6 Å². The van der Waals surface area contributed by atoms with Crippen LogP contribution in [0.25, 0.3) is 0 Å². The summed E-state index contributed by atoms with van der Waals surface area (Å²) in [5.74, 6) is 1.95. The predicted molar refractivity (Wildman–Crippen MR) is 112 cm³/mol. The highest BCUT2D eigenvalue weighted by Crippen LogP contribution is 2.12. The van der Waals surface area contributed by atoms with Crippen molar-refractivity contribution in [2.24, 2.45) is 0 Å². The summed E-state index contributed by atoms with van der Waals surface area (Å²) in [6, 6.07) is 0. The second kappa shape index (κ2) is 22.3. The monoisotopic (exact) mass is 376 g/mol. The second-order valence-electron chi connectivity index (χ2n) is 6.97. The molecule has 0 aliphatic rings. The molecule has 152 valence electrons. The van der Waals surface area contributed by atoms with Gasteiger partial charge in [0.05, 0.1) is 12.7 Å². The molecule has 0 rings (SSSR count). The maximum Gasteiger partial charge on any atom is 0.0892 e. The minimum Gasteiger partial charge on any atom is -0.394 e. The molecule has 1 unspecified atom stereocenters. The van der Waals surface area contributed by atoms with E-state index in [9.17, 15) is 0 Å². The third kappa shape index (κ3) is 20.4. The van der Waals surface area contributed by atoms with Crippen molar-refractivity contribution in [3.05, 3.63) is 0 Å². The largest absolute Gasteiger partial charge is 0.394 e. The number of thioether (sulfide) groups is 1. The normalized spacial score (nSPS) is 12.6. The number of aliphatic hydroxyl groups is 1. The summed E-state index contributed by atoms with van der Waals surface area (Å²) >= 11 is 1.83. The van der Waals surface area contributed by atoms with E-state index in [4.69, 9.17) is 14.6 Å². The van der Waals surface area contributed by atoms with Crippen LogP contribution in [0.4, 0.5) is 0 Å². The molecular weight excluding hydrogens is 332 g/mol. The molecule has 0 fully saturated rings. The first kappa shape index (κ1) is 25.2. The van der Waals surface area contributed by atoms with Crippen LogP contribution in [-0.2, 0) is 9.47 Å². The molecule has 0 saturated carbocycles. The number of ether oxygens (including phenoxy) is 2. The Hall–Kier alpha value is 0.230. The van der Waals surface area contributed by atoms with Gasteiger partial charge >= 0.3 is 0 Å². The van der Waals surface area contributed by atoms with Crippen LogP contribution in [0.3, 0.4) is 0 Å². The second-order valence-corrected chi connectivity index (χ2v) is 8.12. The van der Waals surface area contributed by atoms with Crippen LogP contribution in [0.1, 0.15) is 90.4 Å². The summed E-state index contributed by atoms with van der Waals surface area (Å²) in [6.45, 7) is 4.17. The molecule has 0 amide bonds. The van der Waals surface area contributed by atoms with E-state index >= 15 is 0 Å². The molecule has 4 heteroatoms. The van der Waals surface area contributed by atoms with Crippen molar-refractivity contribution >= 4 is 11.8 Å². The molecule has 3 nitrogen and oxygen atoms in total. The molecule has 1 N–H and O–H groups in total. The number of aliphatic hydroxyl groups excluding tert-OH is 1. The van der Waals surface area contributed by atoms with Gasteiger partial charge in [0.15, 0.2) is 0 Å². The molecule has 0 heterocycles. The van der Waals surface area contributed by atoms with Gasteiger partial charge in [-0.25, -0.2) is 0 Å². The molecule has 0 aromatic rings. The van der Waals surface area contributed by atoms with E-state index in [1.54, 1.807) is 7.11 Å². The maximum atomic E-state index is 9.01. The lowest BCUT2D eigenvalue weighted by Gasteiger charge is -2.11. The minimum absolute atomic E-state index is 0.0213. The highest BCUT2D eigenvalue weighted by Gasteiger charge is 2.04. The van der Waals surface area contributed by atoms with Crippen LogP contribution in [0.5, 0.6) is 0 Å². The Bertz CT molecular complexity index is 235. The average Bonchev–Trinajstić information content (AvgIpc) is 2.64. The average molecular weight is 377 g/mol. The van der Waals surface area contributed by atoms with E-state index in [0.717, 1.165) is 31.1 Å². The lowest BCUT2D eigenvalue weighted by Crippen LogP contribution is -2.18. The van der Waals surface area contributed by atoms with E-state index in [0.29, 0.717) is 0 Å². The van der Waals surface area contributed by atoms with Crippen LogP contribution in [0, 0.1) is 0 Å². The summed E-state index contributed by atoms with van der Waals surface area (Å²) in [5, 5.41) is 9.01. The van der Waals surface area contributed by atoms with Gasteiger partial charge in [-0.15, -0.1) is 0 Å². The van der Waals surface area contributed by atoms with Gasteiger partial charge in [-0.05, 0) is 18.6 Å². The van der Waals surface area contributed by atoms with Crippen molar-refractivity contribution in [3.8, 4) is 0 Å². The van der Waals surface area contributed by atoms with Crippen molar-refractivity contribution < 1.29 is 14.6 Å². The molecule has 0 aromatic carbocycles. The minimum atomic E-state index is -0.0213. The Morgan fingerprint density at radius 2 is 1.28 bits per heavy atom. The predicted octanol–water partition coefficient (Wildman–Crippen LogP) is 5.83. The standard InChI is InChI=1S/C21H44O3S/c1-3-4-5-6-7-8-9-10-11-12-13-14-16-24-17-15-18-25-20-21(19-22)23-2/h21-22H,3-20H2,1-2H3. The van der Waals surface area contributed by atoms with Gasteiger partial charge in [0.2, 0.25) is 0 Å². The van der Waals surface area contributed by atoms with Crippen LogP contribution < -0.4 is 0 Å². The van der Waals surface area contributed by atoms with Crippen LogP contribution in [0.2, 0.25) is 0 Å². The molecule has 25 heavy (non-hydrogen) atoms. The van der Waals surface area contributed by atoms with Gasteiger partial charge in [0, 0.05) is 26.1 Å². The topological polar surface area (TPSA) is 38.7 Å². The number of hydrogen-bond donors (Lipinski definition) is 1. The van der Waals surface area contributed by atoms with Gasteiger partial charge in [0.25, 0.3) is 0 Å². The summed E-state index contributed by atoms with van der Waals surface area (Å²) in [6.07, 6.45) is 17.7. The first-order valence-electron chi connectivity index (χ1n) is 10.6. The van der Waals surface area contributed by atoms with Crippen molar-refractivity contribution in [2.75, 3.05) is 38.4 Å². The molecule has 1 atom stereocenters. The van der Waals surface area contributed by atoms with Gasteiger partial charge in [-0.2, -0.15) is 11.8 Å². The molecule has 0 aliphatic heterocycles. The Labute approximate surface area is 161 Å². The molecule has 0 spiro atoms. The highest BCUT2D eigenvalue weighted by atomic mass is 32.2. The van der Waals surface area contributed by atoms with Crippen LogP contribution in [-0.4, -0.2) is 49.6 Å². The first-order chi connectivity index (χ1) is 12.3. The number of rotatable bonds is 21. The highest BCUT2D eigenvalue weighted by molar-refractivity contribution is 7.99. The van der Waals surface area contributed by atoms with E-state index in [1.165, 1.54) is 77.0 Å². The number of hydrogen-bond acceptors (Lipinski definition) is 4. The Balaban J connectivity index is 3.03. The van der Waals surface area contributed by atoms with Crippen molar-refractivity contribution in [1.82, 2.24) is 0 Å². The van der Waals surface area contributed by atoms with E-state index in [-0.39, 0.29) is 12.7 Å². The zero-order valence-corrected chi connectivity index (χ0v) is 17.8. The molecule has 0 radical (unpaired) electrons. The molecule has 0 aliphatic carbocycles. The van der Waals surface area contributed by atoms with E-state index in [1.807, 2.05) is 11.8 Å². The summed E-state index contributed by atoms with van der Waals surface area (Å²) in [4.78, 5) is 0. The van der Waals surface area contributed by atoms with E-state index < -0.39 is 0 Å². The molecule has 0 bridgehead atoms. The van der Waals surface area contributed by atoms with Crippen LogP contribution in [0.15, 0.2) is 0 Å².